The number of halogens is 2. The Labute approximate surface area is 105 Å². The smallest absolute Gasteiger partial charge is 0.0852 e. The number of nitrogens with zero attached hydrogens (tertiary/aromatic N) is 1. The lowest BCUT2D eigenvalue weighted by Gasteiger charge is -2.27. The van der Waals surface area contributed by atoms with E-state index in [0.717, 1.165) is 12.0 Å². The summed E-state index contributed by atoms with van der Waals surface area (Å²) in [6.45, 7) is 0.603. The summed E-state index contributed by atoms with van der Waals surface area (Å²) in [4.78, 5) is 0. The van der Waals surface area contributed by atoms with Crippen LogP contribution in [0.2, 0.25) is 10.0 Å². The molecule has 2 atom stereocenters. The molecule has 0 spiro atoms. The maximum Gasteiger partial charge on any atom is 0.0852 e. The largest absolute Gasteiger partial charge is 0.373 e. The van der Waals surface area contributed by atoms with E-state index in [-0.39, 0.29) is 12.0 Å². The highest BCUT2D eigenvalue weighted by Gasteiger charge is 2.25. The first-order chi connectivity index (χ1) is 7.72. The van der Waals surface area contributed by atoms with E-state index in [1.807, 2.05) is 12.1 Å². The Morgan fingerprint density at radius 3 is 2.94 bits per heavy atom. The van der Waals surface area contributed by atoms with Crippen LogP contribution in [0.1, 0.15) is 24.5 Å². The van der Waals surface area contributed by atoms with Crippen LogP contribution in [0.5, 0.6) is 0 Å². The van der Waals surface area contributed by atoms with Crippen LogP contribution in [0.15, 0.2) is 18.2 Å². The normalized spacial score (nSPS) is 25.1. The lowest BCUT2D eigenvalue weighted by molar-refractivity contribution is 0.000775. The van der Waals surface area contributed by atoms with Gasteiger partial charge < -0.3 is 4.74 Å². The molecule has 1 aliphatic heterocycles. The average Bonchev–Trinajstić information content (AvgIpc) is 2.33. The summed E-state index contributed by atoms with van der Waals surface area (Å²) in [5.74, 6) is 0.0498. The number of hydrogen-bond acceptors (Lipinski definition) is 2. The maximum absolute atomic E-state index is 8.91. The van der Waals surface area contributed by atoms with Gasteiger partial charge in [-0.25, -0.2) is 0 Å². The standard InChI is InChI=1S/C12H11Cl2NO/c13-10-3-1-2-9(12(10)14)11-6-8(7-15)4-5-16-11/h1-3,8,11H,4-6H2. The Hall–Kier alpha value is -0.750. The van der Waals surface area contributed by atoms with Gasteiger partial charge in [-0.2, -0.15) is 5.26 Å². The fourth-order valence-electron chi connectivity index (χ4n) is 1.90. The Balaban J connectivity index is 2.24. The quantitative estimate of drug-likeness (QED) is 0.761. The molecule has 0 N–H and O–H groups in total. The summed E-state index contributed by atoms with van der Waals surface area (Å²) in [6.07, 6.45) is 1.38. The molecule has 1 fully saturated rings. The topological polar surface area (TPSA) is 33.0 Å². The van der Waals surface area contributed by atoms with E-state index in [2.05, 4.69) is 6.07 Å². The van der Waals surface area contributed by atoms with Gasteiger partial charge in [0.15, 0.2) is 0 Å². The minimum atomic E-state index is -0.107. The molecule has 84 valence electrons. The third-order valence-corrected chi connectivity index (χ3v) is 3.63. The van der Waals surface area contributed by atoms with Crippen LogP contribution >= 0.6 is 23.2 Å². The van der Waals surface area contributed by atoms with E-state index in [1.54, 1.807) is 6.07 Å². The molecule has 0 aromatic heterocycles. The average molecular weight is 256 g/mol. The van der Waals surface area contributed by atoms with Gasteiger partial charge in [-0.05, 0) is 18.9 Å². The Bertz CT molecular complexity index is 428. The summed E-state index contributed by atoms with van der Waals surface area (Å²) >= 11 is 12.1. The molecule has 0 bridgehead atoms. The van der Waals surface area contributed by atoms with Gasteiger partial charge in [-0.15, -0.1) is 0 Å². The molecule has 0 saturated carbocycles. The number of rotatable bonds is 1. The molecular weight excluding hydrogens is 245 g/mol. The van der Waals surface area contributed by atoms with Gasteiger partial charge in [-0.3, -0.25) is 0 Å². The molecule has 1 aliphatic rings. The Kier molecular flexibility index (Phi) is 3.70. The third kappa shape index (κ3) is 2.32. The number of nitriles is 1. The zero-order valence-corrected chi connectivity index (χ0v) is 10.1. The van der Waals surface area contributed by atoms with Crippen LogP contribution in [0.3, 0.4) is 0 Å². The molecule has 1 heterocycles. The van der Waals surface area contributed by atoms with E-state index in [4.69, 9.17) is 33.2 Å². The van der Waals surface area contributed by atoms with E-state index >= 15 is 0 Å². The molecule has 0 aliphatic carbocycles. The molecular formula is C12H11Cl2NO. The van der Waals surface area contributed by atoms with Crippen LogP contribution in [-0.4, -0.2) is 6.61 Å². The minimum Gasteiger partial charge on any atom is -0.373 e. The van der Waals surface area contributed by atoms with Crippen molar-refractivity contribution in [2.24, 2.45) is 5.92 Å². The SMILES string of the molecule is N#CC1CCOC(c2cccc(Cl)c2Cl)C1. The molecule has 2 rings (SSSR count). The zero-order valence-electron chi connectivity index (χ0n) is 8.62. The van der Waals surface area contributed by atoms with Crippen molar-refractivity contribution in [2.45, 2.75) is 18.9 Å². The van der Waals surface area contributed by atoms with Crippen molar-refractivity contribution in [1.29, 1.82) is 5.26 Å². The van der Waals surface area contributed by atoms with Gasteiger partial charge in [-0.1, -0.05) is 35.3 Å². The molecule has 0 amide bonds. The van der Waals surface area contributed by atoms with Crippen molar-refractivity contribution in [3.8, 4) is 6.07 Å². The zero-order chi connectivity index (χ0) is 11.5. The maximum atomic E-state index is 8.91. The van der Waals surface area contributed by atoms with Gasteiger partial charge in [0.1, 0.15) is 0 Å². The van der Waals surface area contributed by atoms with Crippen LogP contribution in [-0.2, 0) is 4.74 Å². The van der Waals surface area contributed by atoms with Crippen LogP contribution < -0.4 is 0 Å². The van der Waals surface area contributed by atoms with Gasteiger partial charge >= 0.3 is 0 Å². The lowest BCUT2D eigenvalue weighted by atomic mass is 9.93. The number of benzene rings is 1. The second-order valence-electron chi connectivity index (χ2n) is 3.85. The highest BCUT2D eigenvalue weighted by molar-refractivity contribution is 6.42. The van der Waals surface area contributed by atoms with Crippen molar-refractivity contribution < 1.29 is 4.74 Å². The minimum absolute atomic E-state index is 0.0498. The van der Waals surface area contributed by atoms with E-state index in [9.17, 15) is 0 Å². The second-order valence-corrected chi connectivity index (χ2v) is 4.64. The predicted octanol–water partition coefficient (Wildman–Crippen LogP) is 3.98. The first-order valence-electron chi connectivity index (χ1n) is 5.17. The third-order valence-electron chi connectivity index (χ3n) is 2.79. The fraction of sp³-hybridized carbons (Fsp3) is 0.417. The van der Waals surface area contributed by atoms with Crippen molar-refractivity contribution in [1.82, 2.24) is 0 Å². The molecule has 1 aromatic carbocycles. The first-order valence-corrected chi connectivity index (χ1v) is 5.93. The summed E-state index contributed by atoms with van der Waals surface area (Å²) in [7, 11) is 0. The summed E-state index contributed by atoms with van der Waals surface area (Å²) < 4.78 is 5.64. The van der Waals surface area contributed by atoms with Crippen molar-refractivity contribution in [3.05, 3.63) is 33.8 Å². The molecule has 4 heteroatoms. The molecule has 1 saturated heterocycles. The number of hydrogen-bond donors (Lipinski definition) is 0. The van der Waals surface area contributed by atoms with E-state index in [1.165, 1.54) is 0 Å². The van der Waals surface area contributed by atoms with Crippen molar-refractivity contribution >= 4 is 23.2 Å². The number of ether oxygens (including phenoxy) is 1. The monoisotopic (exact) mass is 255 g/mol. The van der Waals surface area contributed by atoms with Crippen LogP contribution in [0.4, 0.5) is 0 Å². The van der Waals surface area contributed by atoms with Gasteiger partial charge in [0.05, 0.1) is 28.1 Å². The summed E-state index contributed by atoms with van der Waals surface area (Å²) in [5, 5.41) is 9.98. The van der Waals surface area contributed by atoms with Gasteiger partial charge in [0, 0.05) is 12.2 Å². The second kappa shape index (κ2) is 5.05. The van der Waals surface area contributed by atoms with E-state index in [0.29, 0.717) is 23.1 Å². The fourth-order valence-corrected chi connectivity index (χ4v) is 2.33. The van der Waals surface area contributed by atoms with Gasteiger partial charge in [0.25, 0.3) is 0 Å². The molecule has 0 radical (unpaired) electrons. The van der Waals surface area contributed by atoms with Crippen LogP contribution in [0.25, 0.3) is 0 Å². The Morgan fingerprint density at radius 2 is 2.19 bits per heavy atom. The predicted molar refractivity (Wildman–Crippen MR) is 63.5 cm³/mol. The van der Waals surface area contributed by atoms with Crippen molar-refractivity contribution in [3.63, 3.8) is 0 Å². The summed E-state index contributed by atoms with van der Waals surface area (Å²) in [5.41, 5.74) is 0.883. The van der Waals surface area contributed by atoms with Crippen molar-refractivity contribution in [2.75, 3.05) is 6.61 Å². The van der Waals surface area contributed by atoms with Gasteiger partial charge in [0.2, 0.25) is 0 Å². The molecule has 1 aromatic rings. The molecule has 2 unspecified atom stereocenters. The molecule has 2 nitrogen and oxygen atoms in total. The summed E-state index contributed by atoms with van der Waals surface area (Å²) in [6, 6.07) is 7.78. The first kappa shape index (κ1) is 11.7. The Morgan fingerprint density at radius 1 is 1.38 bits per heavy atom. The van der Waals surface area contributed by atoms with Crippen LogP contribution in [0, 0.1) is 17.2 Å². The molecule has 16 heavy (non-hydrogen) atoms. The highest BCUT2D eigenvalue weighted by atomic mass is 35.5. The van der Waals surface area contributed by atoms with E-state index < -0.39 is 0 Å². The highest BCUT2D eigenvalue weighted by Crippen LogP contribution is 2.37. The lowest BCUT2D eigenvalue weighted by Crippen LogP contribution is -2.19.